The monoisotopic (exact) mass is 211 g/mol. The average molecular weight is 211 g/mol. The number of amides is 1. The van der Waals surface area contributed by atoms with E-state index in [2.05, 4.69) is 6.92 Å². The lowest BCUT2D eigenvalue weighted by atomic mass is 10.2. The van der Waals surface area contributed by atoms with Gasteiger partial charge in [-0.05, 0) is 25.2 Å². The first-order chi connectivity index (χ1) is 7.09. The molecular formula is C11H17NO3. The van der Waals surface area contributed by atoms with E-state index in [1.165, 1.54) is 0 Å². The van der Waals surface area contributed by atoms with Gasteiger partial charge in [-0.3, -0.25) is 9.59 Å². The van der Waals surface area contributed by atoms with Crippen molar-refractivity contribution >= 4 is 11.9 Å². The predicted molar refractivity (Wildman–Crippen MR) is 54.3 cm³/mol. The first-order valence-corrected chi connectivity index (χ1v) is 5.62. The zero-order valence-corrected chi connectivity index (χ0v) is 8.98. The fourth-order valence-corrected chi connectivity index (χ4v) is 1.95. The van der Waals surface area contributed by atoms with Crippen molar-refractivity contribution in [2.75, 3.05) is 6.54 Å². The molecule has 0 bridgehead atoms. The van der Waals surface area contributed by atoms with Gasteiger partial charge in [0.15, 0.2) is 0 Å². The fourth-order valence-electron chi connectivity index (χ4n) is 1.95. The number of nitrogens with zero attached hydrogens (tertiary/aromatic N) is 1. The van der Waals surface area contributed by atoms with Crippen LogP contribution in [0.4, 0.5) is 0 Å². The second kappa shape index (κ2) is 3.83. The third kappa shape index (κ3) is 2.49. The number of carbonyl (C=O) groups is 2. The summed E-state index contributed by atoms with van der Waals surface area (Å²) >= 11 is 0. The summed E-state index contributed by atoms with van der Waals surface area (Å²) < 4.78 is 0. The molecule has 2 rings (SSSR count). The van der Waals surface area contributed by atoms with Gasteiger partial charge in [0.25, 0.3) is 0 Å². The maximum Gasteiger partial charge on any atom is 0.305 e. The van der Waals surface area contributed by atoms with E-state index >= 15 is 0 Å². The van der Waals surface area contributed by atoms with Crippen molar-refractivity contribution in [3.63, 3.8) is 0 Å². The number of hydrogen-bond acceptors (Lipinski definition) is 2. The van der Waals surface area contributed by atoms with Crippen LogP contribution in [0.25, 0.3) is 0 Å². The molecule has 1 amide bonds. The van der Waals surface area contributed by atoms with E-state index in [4.69, 9.17) is 5.11 Å². The summed E-state index contributed by atoms with van der Waals surface area (Å²) in [6.07, 6.45) is 3.15. The van der Waals surface area contributed by atoms with E-state index < -0.39 is 5.97 Å². The second-order valence-electron chi connectivity index (χ2n) is 4.73. The van der Waals surface area contributed by atoms with E-state index in [-0.39, 0.29) is 18.2 Å². The van der Waals surface area contributed by atoms with Crippen molar-refractivity contribution in [3.8, 4) is 0 Å². The molecule has 2 aliphatic carbocycles. The summed E-state index contributed by atoms with van der Waals surface area (Å²) in [5.41, 5.74) is 0. The Hall–Kier alpha value is -1.06. The number of carboxylic acids is 1. The van der Waals surface area contributed by atoms with Crippen LogP contribution in [0.1, 0.15) is 32.6 Å². The lowest BCUT2D eigenvalue weighted by Gasteiger charge is -2.21. The van der Waals surface area contributed by atoms with Crippen LogP contribution in [0.3, 0.4) is 0 Å². The van der Waals surface area contributed by atoms with E-state index in [1.54, 1.807) is 4.90 Å². The van der Waals surface area contributed by atoms with E-state index in [0.29, 0.717) is 18.5 Å². The third-order valence-electron chi connectivity index (χ3n) is 3.26. The van der Waals surface area contributed by atoms with E-state index in [1.807, 2.05) is 0 Å². The molecule has 2 aliphatic rings. The summed E-state index contributed by atoms with van der Waals surface area (Å²) in [4.78, 5) is 24.2. The Morgan fingerprint density at radius 2 is 2.00 bits per heavy atom. The minimum Gasteiger partial charge on any atom is -0.481 e. The average Bonchev–Trinajstić information content (AvgIpc) is 3.00. The molecule has 2 fully saturated rings. The van der Waals surface area contributed by atoms with Gasteiger partial charge in [0.05, 0.1) is 6.42 Å². The molecule has 2 unspecified atom stereocenters. The maximum atomic E-state index is 11.9. The molecule has 4 heteroatoms. The van der Waals surface area contributed by atoms with Crippen molar-refractivity contribution in [2.45, 2.75) is 38.6 Å². The first-order valence-electron chi connectivity index (χ1n) is 5.62. The normalized spacial score (nSPS) is 28.6. The molecule has 0 heterocycles. The fraction of sp³-hybridized carbons (Fsp3) is 0.818. The van der Waals surface area contributed by atoms with Gasteiger partial charge in [0.2, 0.25) is 5.91 Å². The predicted octanol–water partition coefficient (Wildman–Crippen LogP) is 1.11. The van der Waals surface area contributed by atoms with Crippen molar-refractivity contribution in [2.24, 2.45) is 11.8 Å². The molecule has 2 atom stereocenters. The number of hydrogen-bond donors (Lipinski definition) is 1. The van der Waals surface area contributed by atoms with Gasteiger partial charge in [-0.15, -0.1) is 0 Å². The lowest BCUT2D eigenvalue weighted by Crippen LogP contribution is -2.36. The molecule has 84 valence electrons. The Morgan fingerprint density at radius 1 is 1.40 bits per heavy atom. The van der Waals surface area contributed by atoms with Gasteiger partial charge in [-0.1, -0.05) is 6.92 Å². The number of carboxylic acid groups (broad SMARTS) is 1. The largest absolute Gasteiger partial charge is 0.481 e. The van der Waals surface area contributed by atoms with Crippen LogP contribution in [0.5, 0.6) is 0 Å². The molecule has 0 aromatic carbocycles. The van der Waals surface area contributed by atoms with Crippen molar-refractivity contribution < 1.29 is 14.7 Å². The summed E-state index contributed by atoms with van der Waals surface area (Å²) in [7, 11) is 0. The van der Waals surface area contributed by atoms with Crippen LogP contribution < -0.4 is 0 Å². The molecule has 0 saturated heterocycles. The highest BCUT2D eigenvalue weighted by atomic mass is 16.4. The highest BCUT2D eigenvalue weighted by Gasteiger charge is 2.44. The molecule has 0 aromatic rings. The maximum absolute atomic E-state index is 11.9. The Labute approximate surface area is 89.3 Å². The van der Waals surface area contributed by atoms with Gasteiger partial charge >= 0.3 is 5.97 Å². The zero-order valence-electron chi connectivity index (χ0n) is 8.98. The molecule has 2 saturated carbocycles. The summed E-state index contributed by atoms with van der Waals surface area (Å²) in [5, 5.41) is 8.61. The number of aliphatic carboxylic acids is 1. The van der Waals surface area contributed by atoms with Crippen LogP contribution in [-0.2, 0) is 9.59 Å². The first kappa shape index (κ1) is 10.5. The minimum absolute atomic E-state index is 0.0728. The second-order valence-corrected chi connectivity index (χ2v) is 4.73. The Morgan fingerprint density at radius 3 is 2.40 bits per heavy atom. The highest BCUT2D eigenvalue weighted by Crippen LogP contribution is 2.41. The van der Waals surface area contributed by atoms with Crippen molar-refractivity contribution in [1.82, 2.24) is 4.90 Å². The smallest absolute Gasteiger partial charge is 0.305 e. The van der Waals surface area contributed by atoms with Crippen LogP contribution in [0.2, 0.25) is 0 Å². The molecule has 0 aliphatic heterocycles. The standard InChI is InChI=1S/C11H17NO3/c1-7-6-9(7)11(15)12(8-2-3-8)5-4-10(13)14/h7-9H,2-6H2,1H3,(H,13,14). The summed E-state index contributed by atoms with van der Waals surface area (Å²) in [5.74, 6) is 0.0477. The van der Waals surface area contributed by atoms with E-state index in [0.717, 1.165) is 19.3 Å². The third-order valence-corrected chi connectivity index (χ3v) is 3.26. The summed E-state index contributed by atoms with van der Waals surface area (Å²) in [6.45, 7) is 2.47. The molecule has 0 spiro atoms. The Kier molecular flexibility index (Phi) is 2.67. The molecule has 0 radical (unpaired) electrons. The topological polar surface area (TPSA) is 57.6 Å². The highest BCUT2D eigenvalue weighted by molar-refractivity contribution is 5.82. The van der Waals surface area contributed by atoms with Gasteiger partial charge in [0.1, 0.15) is 0 Å². The van der Waals surface area contributed by atoms with Gasteiger partial charge in [-0.2, -0.15) is 0 Å². The lowest BCUT2D eigenvalue weighted by molar-refractivity contribution is -0.139. The van der Waals surface area contributed by atoms with Crippen LogP contribution in [0, 0.1) is 11.8 Å². The van der Waals surface area contributed by atoms with Crippen molar-refractivity contribution in [1.29, 1.82) is 0 Å². The van der Waals surface area contributed by atoms with Gasteiger partial charge in [0, 0.05) is 18.5 Å². The zero-order chi connectivity index (χ0) is 11.0. The molecule has 0 aromatic heterocycles. The van der Waals surface area contributed by atoms with Crippen molar-refractivity contribution in [3.05, 3.63) is 0 Å². The number of carbonyl (C=O) groups excluding carboxylic acids is 1. The summed E-state index contributed by atoms with van der Waals surface area (Å²) in [6, 6.07) is 0.338. The molecule has 15 heavy (non-hydrogen) atoms. The Bertz CT molecular complexity index is 286. The van der Waals surface area contributed by atoms with Gasteiger partial charge < -0.3 is 10.0 Å². The molecular weight excluding hydrogens is 194 g/mol. The minimum atomic E-state index is -0.822. The van der Waals surface area contributed by atoms with Crippen LogP contribution in [-0.4, -0.2) is 34.5 Å². The van der Waals surface area contributed by atoms with Crippen LogP contribution in [0.15, 0.2) is 0 Å². The SMILES string of the molecule is CC1CC1C(=O)N(CCC(=O)O)C1CC1. The quantitative estimate of drug-likeness (QED) is 0.741. The Balaban J connectivity index is 1.87. The van der Waals surface area contributed by atoms with Crippen LogP contribution >= 0.6 is 0 Å². The molecule has 4 nitrogen and oxygen atoms in total. The van der Waals surface area contributed by atoms with Gasteiger partial charge in [-0.25, -0.2) is 0 Å². The molecule has 1 N–H and O–H groups in total. The number of rotatable bonds is 5. The van der Waals surface area contributed by atoms with E-state index in [9.17, 15) is 9.59 Å².